The fourth-order valence-corrected chi connectivity index (χ4v) is 3.63. The van der Waals surface area contributed by atoms with Gasteiger partial charge >= 0.3 is 6.18 Å². The molecule has 1 aliphatic rings. The van der Waals surface area contributed by atoms with Crippen molar-refractivity contribution in [3.8, 4) is 11.5 Å². The van der Waals surface area contributed by atoms with Crippen LogP contribution < -0.4 is 0 Å². The van der Waals surface area contributed by atoms with Crippen LogP contribution in [0.1, 0.15) is 35.4 Å². The summed E-state index contributed by atoms with van der Waals surface area (Å²) in [5.74, 6) is -0.209. The number of amides is 1. The first-order valence-corrected chi connectivity index (χ1v) is 9.15. The summed E-state index contributed by atoms with van der Waals surface area (Å²) in [4.78, 5) is 18.6. The van der Waals surface area contributed by atoms with E-state index in [1.54, 1.807) is 11.0 Å². The normalized spacial score (nSPS) is 15.5. The van der Waals surface area contributed by atoms with Crippen LogP contribution in [-0.2, 0) is 6.18 Å². The van der Waals surface area contributed by atoms with Crippen LogP contribution in [-0.4, -0.2) is 38.5 Å². The molecule has 0 aromatic carbocycles. The monoisotopic (exact) mass is 442 g/mol. The lowest BCUT2D eigenvalue weighted by atomic mass is 10.1. The molecule has 1 fully saturated rings. The molecule has 27 heavy (non-hydrogen) atoms. The SMILES string of the molecule is O=C(c1nn2c(C(F)(F)F)cc(-c3ccco3)nc2c1Br)N1CCCCC1. The first-order valence-electron chi connectivity index (χ1n) is 8.36. The summed E-state index contributed by atoms with van der Waals surface area (Å²) in [6, 6.07) is 3.94. The second-order valence-corrected chi connectivity index (χ2v) is 7.05. The van der Waals surface area contributed by atoms with Gasteiger partial charge in [-0.25, -0.2) is 9.50 Å². The molecule has 1 saturated heterocycles. The van der Waals surface area contributed by atoms with E-state index in [4.69, 9.17) is 4.42 Å². The third-order valence-electron chi connectivity index (χ3n) is 4.44. The summed E-state index contributed by atoms with van der Waals surface area (Å²) in [7, 11) is 0. The minimum atomic E-state index is -4.68. The molecular weight excluding hydrogens is 429 g/mol. The zero-order valence-corrected chi connectivity index (χ0v) is 15.5. The summed E-state index contributed by atoms with van der Waals surface area (Å²) in [6.07, 6.45) is -0.566. The van der Waals surface area contributed by atoms with E-state index >= 15 is 0 Å². The van der Waals surface area contributed by atoms with Gasteiger partial charge in [0.1, 0.15) is 5.69 Å². The van der Waals surface area contributed by atoms with Crippen molar-refractivity contribution >= 4 is 27.5 Å². The van der Waals surface area contributed by atoms with Gasteiger partial charge in [0.2, 0.25) is 0 Å². The molecule has 3 aromatic rings. The third kappa shape index (κ3) is 3.22. The number of carbonyl (C=O) groups excluding carboxylic acids is 1. The summed E-state index contributed by atoms with van der Waals surface area (Å²) in [5, 5.41) is 3.94. The number of rotatable bonds is 2. The lowest BCUT2D eigenvalue weighted by Crippen LogP contribution is -2.36. The molecule has 4 heterocycles. The number of carbonyl (C=O) groups is 1. The Balaban J connectivity index is 1.88. The Bertz CT molecular complexity index is 992. The molecule has 4 rings (SSSR count). The third-order valence-corrected chi connectivity index (χ3v) is 5.17. The lowest BCUT2D eigenvalue weighted by molar-refractivity contribution is -0.142. The summed E-state index contributed by atoms with van der Waals surface area (Å²) >= 11 is 3.23. The standard InChI is InChI=1S/C17H14BrF3N4O2/c18-13-14(16(26)24-6-2-1-3-7-24)23-25-12(17(19,20)21)9-10(22-15(13)25)11-5-4-8-27-11/h4-5,8-9H,1-3,6-7H2. The van der Waals surface area contributed by atoms with E-state index in [2.05, 4.69) is 26.0 Å². The molecule has 1 amide bonds. The molecule has 6 nitrogen and oxygen atoms in total. The smallest absolute Gasteiger partial charge is 0.433 e. The number of aromatic nitrogens is 3. The summed E-state index contributed by atoms with van der Waals surface area (Å²) in [5.41, 5.74) is -1.18. The average molecular weight is 443 g/mol. The van der Waals surface area contributed by atoms with E-state index < -0.39 is 17.8 Å². The van der Waals surface area contributed by atoms with Crippen molar-refractivity contribution < 1.29 is 22.4 Å². The van der Waals surface area contributed by atoms with Gasteiger partial charge in [-0.3, -0.25) is 4.79 Å². The van der Waals surface area contributed by atoms with Crippen molar-refractivity contribution in [2.75, 3.05) is 13.1 Å². The molecule has 0 atom stereocenters. The van der Waals surface area contributed by atoms with Gasteiger partial charge in [0.25, 0.3) is 5.91 Å². The zero-order valence-electron chi connectivity index (χ0n) is 14.0. The highest BCUT2D eigenvalue weighted by Gasteiger charge is 2.37. The molecule has 142 valence electrons. The summed E-state index contributed by atoms with van der Waals surface area (Å²) < 4.78 is 46.8. The Hall–Kier alpha value is -2.36. The molecule has 0 radical (unpaired) electrons. The van der Waals surface area contributed by atoms with E-state index in [0.29, 0.717) is 17.6 Å². The number of nitrogens with zero attached hydrogens (tertiary/aromatic N) is 4. The van der Waals surface area contributed by atoms with E-state index in [0.717, 1.165) is 25.3 Å². The molecule has 0 saturated carbocycles. The van der Waals surface area contributed by atoms with Gasteiger partial charge in [-0.1, -0.05) is 0 Å². The Labute approximate surface area is 160 Å². The predicted octanol–water partition coefficient (Wildman–Crippen LogP) is 4.40. The first-order chi connectivity index (χ1) is 12.9. The largest absolute Gasteiger partial charge is 0.463 e. The van der Waals surface area contributed by atoms with Crippen LogP contribution >= 0.6 is 15.9 Å². The molecular formula is C17H14BrF3N4O2. The minimum absolute atomic E-state index is 0.0115. The number of furan rings is 1. The maximum Gasteiger partial charge on any atom is 0.433 e. The van der Waals surface area contributed by atoms with Crippen LogP contribution in [0.3, 0.4) is 0 Å². The highest BCUT2D eigenvalue weighted by Crippen LogP contribution is 2.35. The number of likely N-dealkylation sites (tertiary alicyclic amines) is 1. The summed E-state index contributed by atoms with van der Waals surface area (Å²) in [6.45, 7) is 1.13. The van der Waals surface area contributed by atoms with E-state index in [-0.39, 0.29) is 27.3 Å². The van der Waals surface area contributed by atoms with Crippen molar-refractivity contribution in [2.45, 2.75) is 25.4 Å². The van der Waals surface area contributed by atoms with E-state index in [1.807, 2.05) is 0 Å². The van der Waals surface area contributed by atoms with Crippen molar-refractivity contribution in [1.29, 1.82) is 0 Å². The highest BCUT2D eigenvalue weighted by atomic mass is 79.9. The maximum atomic E-state index is 13.6. The fourth-order valence-electron chi connectivity index (χ4n) is 3.13. The number of halogens is 4. The number of hydrogen-bond acceptors (Lipinski definition) is 4. The zero-order chi connectivity index (χ0) is 19.2. The molecule has 0 spiro atoms. The van der Waals surface area contributed by atoms with Crippen molar-refractivity contribution in [1.82, 2.24) is 19.5 Å². The fraction of sp³-hybridized carbons (Fsp3) is 0.353. The van der Waals surface area contributed by atoms with E-state index in [1.165, 1.54) is 12.3 Å². The second kappa shape index (κ2) is 6.66. The van der Waals surface area contributed by atoms with Crippen molar-refractivity contribution in [3.63, 3.8) is 0 Å². The van der Waals surface area contributed by atoms with Crippen LogP contribution in [0.25, 0.3) is 17.1 Å². The Kier molecular flexibility index (Phi) is 4.45. The maximum absolute atomic E-state index is 13.6. The van der Waals surface area contributed by atoms with Gasteiger partial charge in [0.15, 0.2) is 22.8 Å². The molecule has 0 unspecified atom stereocenters. The first kappa shape index (κ1) is 18.0. The molecule has 3 aromatic heterocycles. The minimum Gasteiger partial charge on any atom is -0.463 e. The predicted molar refractivity (Wildman–Crippen MR) is 93.1 cm³/mol. The average Bonchev–Trinajstić information content (AvgIpc) is 3.29. The van der Waals surface area contributed by atoms with Crippen LogP contribution in [0, 0.1) is 0 Å². The van der Waals surface area contributed by atoms with Crippen LogP contribution in [0.15, 0.2) is 33.4 Å². The second-order valence-electron chi connectivity index (χ2n) is 6.25. The van der Waals surface area contributed by atoms with Crippen LogP contribution in [0.4, 0.5) is 13.2 Å². The van der Waals surface area contributed by atoms with Crippen molar-refractivity contribution in [2.24, 2.45) is 0 Å². The van der Waals surface area contributed by atoms with Gasteiger partial charge in [-0.2, -0.15) is 18.3 Å². The topological polar surface area (TPSA) is 63.6 Å². The van der Waals surface area contributed by atoms with Gasteiger partial charge in [0.05, 0.1) is 10.7 Å². The Morgan fingerprint density at radius 2 is 1.96 bits per heavy atom. The number of piperidine rings is 1. The van der Waals surface area contributed by atoms with Gasteiger partial charge in [-0.05, 0) is 53.4 Å². The van der Waals surface area contributed by atoms with E-state index in [9.17, 15) is 18.0 Å². The molecule has 10 heteroatoms. The number of fused-ring (bicyclic) bond motifs is 1. The molecule has 0 aliphatic carbocycles. The van der Waals surface area contributed by atoms with Crippen molar-refractivity contribution in [3.05, 3.63) is 40.3 Å². The molecule has 0 N–H and O–H groups in total. The van der Waals surface area contributed by atoms with Gasteiger partial charge < -0.3 is 9.32 Å². The van der Waals surface area contributed by atoms with Gasteiger partial charge in [-0.15, -0.1) is 0 Å². The molecule has 1 aliphatic heterocycles. The quantitative estimate of drug-likeness (QED) is 0.589. The number of alkyl halides is 3. The van der Waals surface area contributed by atoms with Gasteiger partial charge in [0, 0.05) is 13.1 Å². The van der Waals surface area contributed by atoms with Crippen LogP contribution in [0.2, 0.25) is 0 Å². The lowest BCUT2D eigenvalue weighted by Gasteiger charge is -2.25. The Morgan fingerprint density at radius 3 is 2.59 bits per heavy atom. The van der Waals surface area contributed by atoms with Crippen LogP contribution in [0.5, 0.6) is 0 Å². The Morgan fingerprint density at radius 1 is 1.22 bits per heavy atom. The number of hydrogen-bond donors (Lipinski definition) is 0. The molecule has 0 bridgehead atoms. The highest BCUT2D eigenvalue weighted by molar-refractivity contribution is 9.10.